The first-order valence-electron chi connectivity index (χ1n) is 12.8. The first-order valence-corrected chi connectivity index (χ1v) is 13.1. The predicted molar refractivity (Wildman–Crippen MR) is 160 cm³/mol. The minimum atomic E-state index is -0.0216. The molecule has 7 heteroatoms. The van der Waals surface area contributed by atoms with Crippen LogP contribution in [0, 0.1) is 0 Å². The van der Waals surface area contributed by atoms with Crippen LogP contribution in [0.3, 0.4) is 0 Å². The molecule has 5 rings (SSSR count). The molecule has 196 valence electrons. The van der Waals surface area contributed by atoms with Crippen LogP contribution in [0.25, 0.3) is 10.9 Å². The number of fused-ring (bicyclic) bond motifs is 1. The number of anilines is 1. The molecule has 0 spiro atoms. The molecule has 0 fully saturated rings. The number of hydrogen-bond donors (Lipinski definition) is 3. The Morgan fingerprint density at radius 2 is 1.64 bits per heavy atom. The van der Waals surface area contributed by atoms with Crippen molar-refractivity contribution in [2.24, 2.45) is 4.99 Å². The highest BCUT2D eigenvalue weighted by Crippen LogP contribution is 2.33. The maximum atomic E-state index is 12.7. The van der Waals surface area contributed by atoms with E-state index in [0.29, 0.717) is 22.0 Å². The van der Waals surface area contributed by atoms with E-state index in [-0.39, 0.29) is 18.3 Å². The van der Waals surface area contributed by atoms with E-state index in [4.69, 9.17) is 16.6 Å². The summed E-state index contributed by atoms with van der Waals surface area (Å²) in [6.07, 6.45) is 0.868. The second-order valence-corrected chi connectivity index (χ2v) is 9.68. The Balaban J connectivity index is 1.34. The number of nitrogens with one attached hydrogen (secondary N) is 2. The van der Waals surface area contributed by atoms with Crippen molar-refractivity contribution in [3.8, 4) is 5.88 Å². The molecular formula is C32H29ClN4O2. The molecule has 1 aromatic heterocycles. The topological polar surface area (TPSA) is 80.7 Å². The fourth-order valence-corrected chi connectivity index (χ4v) is 4.64. The third kappa shape index (κ3) is 6.20. The van der Waals surface area contributed by atoms with E-state index in [1.165, 1.54) is 5.56 Å². The largest absolute Gasteiger partial charge is 0.494 e. The monoisotopic (exact) mass is 536 g/mol. The van der Waals surface area contributed by atoms with Gasteiger partial charge < -0.3 is 20.3 Å². The molecule has 4 aromatic carbocycles. The number of nitrogens with zero attached hydrogens (tertiary/aromatic N) is 2. The zero-order chi connectivity index (χ0) is 27.2. The molecule has 39 heavy (non-hydrogen) atoms. The van der Waals surface area contributed by atoms with Crippen molar-refractivity contribution < 1.29 is 9.90 Å². The number of aromatic hydroxyl groups is 1. The number of rotatable bonds is 9. The summed E-state index contributed by atoms with van der Waals surface area (Å²) in [6.45, 7) is 0.984. The average Bonchev–Trinajstić information content (AvgIpc) is 3.29. The highest BCUT2D eigenvalue weighted by atomic mass is 35.5. The Morgan fingerprint density at radius 3 is 2.36 bits per heavy atom. The maximum Gasteiger partial charge on any atom is 0.240 e. The molecule has 0 aliphatic rings. The van der Waals surface area contributed by atoms with Gasteiger partial charge in [0.15, 0.2) is 5.88 Å². The highest BCUT2D eigenvalue weighted by molar-refractivity contribution is 6.31. The molecule has 0 atom stereocenters. The molecular weight excluding hydrogens is 508 g/mol. The van der Waals surface area contributed by atoms with Gasteiger partial charge in [0, 0.05) is 28.7 Å². The van der Waals surface area contributed by atoms with Crippen molar-refractivity contribution in [2.75, 3.05) is 25.0 Å². The fraction of sp³-hybridized carbons (Fsp3) is 0.125. The minimum Gasteiger partial charge on any atom is -0.494 e. The van der Waals surface area contributed by atoms with Crippen molar-refractivity contribution in [2.45, 2.75) is 6.42 Å². The van der Waals surface area contributed by atoms with Gasteiger partial charge in [-0.3, -0.25) is 4.79 Å². The van der Waals surface area contributed by atoms with Gasteiger partial charge in [-0.1, -0.05) is 78.3 Å². The summed E-state index contributed by atoms with van der Waals surface area (Å²) in [5, 5.41) is 15.5. The fourth-order valence-electron chi connectivity index (χ4n) is 4.47. The molecule has 3 N–H and O–H groups in total. The third-order valence-electron chi connectivity index (χ3n) is 6.59. The summed E-state index contributed by atoms with van der Waals surface area (Å²) >= 11 is 6.17. The number of benzene rings is 4. The molecule has 0 aliphatic carbocycles. The van der Waals surface area contributed by atoms with Gasteiger partial charge in [0.2, 0.25) is 5.91 Å². The maximum absolute atomic E-state index is 12.7. The number of likely N-dealkylation sites (N-methyl/N-ethyl adjacent to an activating group) is 1. The van der Waals surface area contributed by atoms with E-state index in [0.717, 1.165) is 35.1 Å². The lowest BCUT2D eigenvalue weighted by Crippen LogP contribution is -2.36. The van der Waals surface area contributed by atoms with Gasteiger partial charge in [0.25, 0.3) is 0 Å². The Labute approximate surface area is 232 Å². The smallest absolute Gasteiger partial charge is 0.240 e. The van der Waals surface area contributed by atoms with Crippen LogP contribution in [-0.4, -0.2) is 41.8 Å². The van der Waals surface area contributed by atoms with Gasteiger partial charge in [-0.05, 0) is 54.9 Å². The van der Waals surface area contributed by atoms with Gasteiger partial charge >= 0.3 is 0 Å². The zero-order valence-corrected chi connectivity index (χ0v) is 22.3. The molecule has 6 nitrogen and oxygen atoms in total. The quantitative estimate of drug-likeness (QED) is 0.149. The normalized spacial score (nSPS) is 11.6. The Bertz CT molecular complexity index is 1600. The Kier molecular flexibility index (Phi) is 8.06. The second kappa shape index (κ2) is 12.0. The summed E-state index contributed by atoms with van der Waals surface area (Å²) in [4.78, 5) is 22.3. The van der Waals surface area contributed by atoms with Crippen molar-refractivity contribution in [1.82, 2.24) is 10.3 Å². The SMILES string of the molecule is CN(C(=O)CNCCc1ccccc1)c1ccc(N=C(c2ccccc2)c2c(O)[nH]c3cc(Cl)ccc23)cc1. The lowest BCUT2D eigenvalue weighted by atomic mass is 10.0. The lowest BCUT2D eigenvalue weighted by Gasteiger charge is -2.18. The van der Waals surface area contributed by atoms with Crippen LogP contribution in [0.2, 0.25) is 5.02 Å². The van der Waals surface area contributed by atoms with Crippen LogP contribution < -0.4 is 10.2 Å². The Morgan fingerprint density at radius 1 is 0.949 bits per heavy atom. The first-order chi connectivity index (χ1) is 19.0. The number of aromatic nitrogens is 1. The molecule has 0 saturated carbocycles. The van der Waals surface area contributed by atoms with Crippen LogP contribution >= 0.6 is 11.6 Å². The van der Waals surface area contributed by atoms with Gasteiger partial charge in [-0.2, -0.15) is 0 Å². The molecule has 1 heterocycles. The second-order valence-electron chi connectivity index (χ2n) is 9.25. The van der Waals surface area contributed by atoms with Gasteiger partial charge in [-0.15, -0.1) is 0 Å². The van der Waals surface area contributed by atoms with E-state index >= 15 is 0 Å². The van der Waals surface area contributed by atoms with E-state index in [1.54, 1.807) is 24.1 Å². The number of carbonyl (C=O) groups excluding carboxylic acids is 1. The number of hydrogen-bond acceptors (Lipinski definition) is 4. The van der Waals surface area contributed by atoms with Crippen LogP contribution in [-0.2, 0) is 11.2 Å². The molecule has 0 saturated heterocycles. The minimum absolute atomic E-state index is 0.0216. The van der Waals surface area contributed by atoms with Crippen LogP contribution in [0.1, 0.15) is 16.7 Å². The third-order valence-corrected chi connectivity index (χ3v) is 6.82. The van der Waals surface area contributed by atoms with Crippen molar-refractivity contribution in [3.63, 3.8) is 0 Å². The summed E-state index contributed by atoms with van der Waals surface area (Å²) in [7, 11) is 1.77. The Hall–Kier alpha value is -4.39. The number of aromatic amines is 1. The van der Waals surface area contributed by atoms with Crippen LogP contribution in [0.4, 0.5) is 11.4 Å². The summed E-state index contributed by atoms with van der Waals surface area (Å²) < 4.78 is 0. The first kappa shape index (κ1) is 26.2. The molecule has 5 aromatic rings. The average molecular weight is 537 g/mol. The van der Waals surface area contributed by atoms with Crippen molar-refractivity contribution in [1.29, 1.82) is 0 Å². The van der Waals surface area contributed by atoms with E-state index in [9.17, 15) is 9.90 Å². The highest BCUT2D eigenvalue weighted by Gasteiger charge is 2.19. The van der Waals surface area contributed by atoms with Crippen LogP contribution in [0.5, 0.6) is 5.88 Å². The lowest BCUT2D eigenvalue weighted by molar-refractivity contribution is -0.117. The van der Waals surface area contributed by atoms with Gasteiger partial charge in [0.1, 0.15) is 0 Å². The van der Waals surface area contributed by atoms with Gasteiger partial charge in [0.05, 0.1) is 29.0 Å². The molecule has 0 unspecified atom stereocenters. The summed E-state index contributed by atoms with van der Waals surface area (Å²) in [5.41, 5.74) is 5.53. The molecule has 0 bridgehead atoms. The standard InChI is InChI=1S/C32H29ClN4O2/c1-37(29(38)21-34-19-18-22-8-4-2-5-9-22)26-15-13-25(14-16-26)35-31(23-10-6-3-7-11-23)30-27-17-12-24(33)20-28(27)36-32(30)39/h2-17,20,34,36,39H,18-19,21H2,1H3. The number of H-pyrrole nitrogens is 1. The molecule has 1 amide bonds. The summed E-state index contributed by atoms with van der Waals surface area (Å²) in [6, 6.07) is 32.8. The van der Waals surface area contributed by atoms with Crippen molar-refractivity contribution in [3.05, 3.63) is 125 Å². The van der Waals surface area contributed by atoms with Crippen molar-refractivity contribution >= 4 is 45.5 Å². The molecule has 0 radical (unpaired) electrons. The van der Waals surface area contributed by atoms with E-state index in [1.807, 2.05) is 78.9 Å². The summed E-state index contributed by atoms with van der Waals surface area (Å²) in [5.74, 6) is 0.00301. The predicted octanol–water partition coefficient (Wildman–Crippen LogP) is 6.49. The number of aliphatic imine (C=N–C) groups is 1. The van der Waals surface area contributed by atoms with E-state index in [2.05, 4.69) is 22.4 Å². The van der Waals surface area contributed by atoms with Crippen LogP contribution in [0.15, 0.2) is 108 Å². The zero-order valence-electron chi connectivity index (χ0n) is 21.6. The van der Waals surface area contributed by atoms with Gasteiger partial charge in [-0.25, -0.2) is 4.99 Å². The number of halogens is 1. The number of carbonyl (C=O) groups is 1. The van der Waals surface area contributed by atoms with E-state index < -0.39 is 0 Å². The molecule has 0 aliphatic heterocycles. The number of amides is 1.